The molecule has 0 saturated carbocycles. The zero-order valence-electron chi connectivity index (χ0n) is 19.2. The molecule has 0 aliphatic carbocycles. The van der Waals surface area contributed by atoms with E-state index in [1.54, 1.807) is 19.2 Å². The molecule has 0 N–H and O–H groups in total. The first-order valence-corrected chi connectivity index (χ1v) is 11.6. The van der Waals surface area contributed by atoms with Crippen molar-refractivity contribution in [3.05, 3.63) is 71.8 Å². The molecule has 0 bridgehead atoms. The summed E-state index contributed by atoms with van der Waals surface area (Å²) in [5, 5.41) is 1.61. The van der Waals surface area contributed by atoms with Gasteiger partial charge in [-0.05, 0) is 36.1 Å². The Kier molecular flexibility index (Phi) is 5.92. The zero-order valence-corrected chi connectivity index (χ0v) is 19.2. The maximum Gasteiger partial charge on any atom is 0.261 e. The second-order valence-electron chi connectivity index (χ2n) is 8.64. The Morgan fingerprint density at radius 2 is 1.53 bits per heavy atom. The van der Waals surface area contributed by atoms with Crippen LogP contribution in [0.15, 0.2) is 60.7 Å². The number of carbonyl (C=O) groups excluding carboxylic acids is 3. The molecule has 3 aromatic carbocycles. The van der Waals surface area contributed by atoms with Gasteiger partial charge < -0.3 is 14.5 Å². The van der Waals surface area contributed by atoms with Gasteiger partial charge in [0.25, 0.3) is 11.8 Å². The molecule has 0 unspecified atom stereocenters. The number of piperazine rings is 1. The van der Waals surface area contributed by atoms with Crippen LogP contribution in [0.3, 0.4) is 0 Å². The van der Waals surface area contributed by atoms with Crippen molar-refractivity contribution in [3.63, 3.8) is 0 Å². The number of benzene rings is 3. The van der Waals surface area contributed by atoms with Gasteiger partial charge in [-0.25, -0.2) is 0 Å². The van der Waals surface area contributed by atoms with E-state index in [0.717, 1.165) is 35.3 Å². The number of anilines is 1. The van der Waals surface area contributed by atoms with E-state index >= 15 is 0 Å². The first-order valence-electron chi connectivity index (χ1n) is 11.6. The molecule has 1 saturated heterocycles. The fraction of sp³-hybridized carbons (Fsp3) is 0.296. The smallest absolute Gasteiger partial charge is 0.261 e. The molecule has 5 rings (SSSR count). The van der Waals surface area contributed by atoms with Crippen LogP contribution in [0, 0.1) is 0 Å². The number of rotatable bonds is 6. The molecule has 7 heteroatoms. The topological polar surface area (TPSA) is 70.2 Å². The Morgan fingerprint density at radius 1 is 0.882 bits per heavy atom. The zero-order chi connectivity index (χ0) is 23.7. The summed E-state index contributed by atoms with van der Waals surface area (Å²) in [7, 11) is 1.65. The van der Waals surface area contributed by atoms with E-state index in [2.05, 4.69) is 4.90 Å². The quantitative estimate of drug-likeness (QED) is 0.530. The molecule has 0 radical (unpaired) electrons. The predicted molar refractivity (Wildman–Crippen MR) is 130 cm³/mol. The lowest BCUT2D eigenvalue weighted by atomic mass is 9.94. The molecule has 2 heterocycles. The number of carbonyl (C=O) groups is 3. The van der Waals surface area contributed by atoms with E-state index in [1.807, 2.05) is 53.4 Å². The van der Waals surface area contributed by atoms with Crippen LogP contribution in [-0.4, -0.2) is 67.4 Å². The number of ether oxygens (including phenoxy) is 1. The van der Waals surface area contributed by atoms with Crippen LogP contribution in [0.4, 0.5) is 5.69 Å². The minimum Gasteiger partial charge on any atom is -0.497 e. The molecule has 0 atom stereocenters. The first-order chi connectivity index (χ1) is 16.6. The molecular weight excluding hydrogens is 430 g/mol. The Hall–Kier alpha value is -3.87. The van der Waals surface area contributed by atoms with E-state index in [-0.39, 0.29) is 24.3 Å². The van der Waals surface area contributed by atoms with Crippen molar-refractivity contribution in [3.8, 4) is 5.75 Å². The van der Waals surface area contributed by atoms with E-state index in [1.165, 1.54) is 4.90 Å². The summed E-state index contributed by atoms with van der Waals surface area (Å²) >= 11 is 0. The lowest BCUT2D eigenvalue weighted by Crippen LogP contribution is -2.49. The SMILES string of the molecule is COc1cccc(N2CCN(C(=O)CCCN3C(=O)c4cccc5cccc(c45)C3=O)CC2)c1. The third-order valence-corrected chi connectivity index (χ3v) is 6.68. The van der Waals surface area contributed by atoms with Crippen LogP contribution >= 0.6 is 0 Å². The van der Waals surface area contributed by atoms with Gasteiger partial charge in [0.15, 0.2) is 0 Å². The van der Waals surface area contributed by atoms with Crippen LogP contribution < -0.4 is 9.64 Å². The van der Waals surface area contributed by atoms with Crippen molar-refractivity contribution in [2.24, 2.45) is 0 Å². The van der Waals surface area contributed by atoms with E-state index in [4.69, 9.17) is 4.74 Å². The molecule has 3 aromatic rings. The van der Waals surface area contributed by atoms with Crippen LogP contribution in [0.5, 0.6) is 5.75 Å². The summed E-state index contributed by atoms with van der Waals surface area (Å²) in [5.74, 6) is 0.309. The molecular formula is C27H27N3O4. The summed E-state index contributed by atoms with van der Waals surface area (Å²) in [6.07, 6.45) is 0.757. The minimum absolute atomic E-state index is 0.0599. The summed E-state index contributed by atoms with van der Waals surface area (Å²) in [6, 6.07) is 18.9. The Labute approximate surface area is 198 Å². The maximum atomic E-state index is 13.0. The number of methoxy groups -OCH3 is 1. The minimum atomic E-state index is -0.284. The van der Waals surface area contributed by atoms with Gasteiger partial charge in [-0.3, -0.25) is 19.3 Å². The second-order valence-corrected chi connectivity index (χ2v) is 8.64. The van der Waals surface area contributed by atoms with Gasteiger partial charge in [-0.15, -0.1) is 0 Å². The van der Waals surface area contributed by atoms with E-state index < -0.39 is 0 Å². The van der Waals surface area contributed by atoms with Gasteiger partial charge in [0.2, 0.25) is 5.91 Å². The van der Waals surface area contributed by atoms with Gasteiger partial charge in [0, 0.05) is 67.4 Å². The van der Waals surface area contributed by atoms with Crippen molar-refractivity contribution in [2.75, 3.05) is 44.7 Å². The van der Waals surface area contributed by atoms with Crippen molar-refractivity contribution < 1.29 is 19.1 Å². The fourth-order valence-electron chi connectivity index (χ4n) is 4.85. The Morgan fingerprint density at radius 3 is 2.18 bits per heavy atom. The average Bonchev–Trinajstić information content (AvgIpc) is 2.89. The van der Waals surface area contributed by atoms with Gasteiger partial charge in [-0.1, -0.05) is 30.3 Å². The fourth-order valence-corrected chi connectivity index (χ4v) is 4.85. The summed E-state index contributed by atoms with van der Waals surface area (Å²) in [6.45, 7) is 3.03. The molecule has 3 amide bonds. The first kappa shape index (κ1) is 21.9. The Balaban J connectivity index is 1.16. The van der Waals surface area contributed by atoms with Crippen LogP contribution in [0.25, 0.3) is 10.8 Å². The molecule has 2 aliphatic heterocycles. The predicted octanol–water partition coefficient (Wildman–Crippen LogP) is 3.57. The van der Waals surface area contributed by atoms with Crippen molar-refractivity contribution >= 4 is 34.2 Å². The standard InChI is InChI=1S/C27H27N3O4/c1-34-21-9-4-8-20(18-21)28-14-16-29(17-15-28)24(31)12-5-13-30-26(32)22-10-2-6-19-7-3-11-23(25(19)22)27(30)33/h2-4,6-11,18H,5,12-17H2,1H3. The number of hydrogen-bond acceptors (Lipinski definition) is 5. The number of imide groups is 1. The molecule has 0 spiro atoms. The van der Waals surface area contributed by atoms with Gasteiger partial charge in [0.1, 0.15) is 5.75 Å². The average molecular weight is 458 g/mol. The summed E-state index contributed by atoms with van der Waals surface area (Å²) < 4.78 is 5.31. The monoisotopic (exact) mass is 457 g/mol. The highest BCUT2D eigenvalue weighted by Gasteiger charge is 2.32. The molecule has 174 valence electrons. The van der Waals surface area contributed by atoms with Gasteiger partial charge in [0.05, 0.1) is 7.11 Å². The highest BCUT2D eigenvalue weighted by Crippen LogP contribution is 2.30. The third kappa shape index (κ3) is 3.98. The maximum absolute atomic E-state index is 13.0. The van der Waals surface area contributed by atoms with Crippen molar-refractivity contribution in [1.82, 2.24) is 9.80 Å². The van der Waals surface area contributed by atoms with Crippen molar-refractivity contribution in [1.29, 1.82) is 0 Å². The normalized spacial score (nSPS) is 15.7. The highest BCUT2D eigenvalue weighted by molar-refractivity contribution is 6.25. The van der Waals surface area contributed by atoms with Crippen LogP contribution in [0.1, 0.15) is 33.6 Å². The highest BCUT2D eigenvalue weighted by atomic mass is 16.5. The van der Waals surface area contributed by atoms with Crippen molar-refractivity contribution in [2.45, 2.75) is 12.8 Å². The molecule has 0 aromatic heterocycles. The van der Waals surface area contributed by atoms with Gasteiger partial charge >= 0.3 is 0 Å². The van der Waals surface area contributed by atoms with E-state index in [0.29, 0.717) is 37.1 Å². The number of nitrogens with zero attached hydrogens (tertiary/aromatic N) is 3. The number of hydrogen-bond donors (Lipinski definition) is 0. The largest absolute Gasteiger partial charge is 0.497 e. The Bertz CT molecular complexity index is 1210. The molecule has 34 heavy (non-hydrogen) atoms. The second kappa shape index (κ2) is 9.17. The molecule has 2 aliphatic rings. The van der Waals surface area contributed by atoms with Crippen LogP contribution in [-0.2, 0) is 4.79 Å². The molecule has 7 nitrogen and oxygen atoms in total. The summed E-state index contributed by atoms with van der Waals surface area (Å²) in [5.41, 5.74) is 2.18. The molecule has 1 fully saturated rings. The van der Waals surface area contributed by atoms with Crippen LogP contribution in [0.2, 0.25) is 0 Å². The van der Waals surface area contributed by atoms with Gasteiger partial charge in [-0.2, -0.15) is 0 Å². The third-order valence-electron chi connectivity index (χ3n) is 6.68. The lowest BCUT2D eigenvalue weighted by molar-refractivity contribution is -0.131. The van der Waals surface area contributed by atoms with E-state index in [9.17, 15) is 14.4 Å². The summed E-state index contributed by atoms with van der Waals surface area (Å²) in [4.78, 5) is 44.2. The lowest BCUT2D eigenvalue weighted by Gasteiger charge is -2.36. The number of amides is 3.